The molecule has 0 N–H and O–H groups in total. The van der Waals surface area contributed by atoms with E-state index in [0.29, 0.717) is 17.4 Å². The summed E-state index contributed by atoms with van der Waals surface area (Å²) in [6.45, 7) is -0.337. The summed E-state index contributed by atoms with van der Waals surface area (Å²) >= 11 is 0. The smallest absolute Gasteiger partial charge is 0.780 e. The first-order valence-electron chi connectivity index (χ1n) is 11.3. The summed E-state index contributed by atoms with van der Waals surface area (Å²) < 4.78 is 21.8. The SMILES string of the molecule is O=C([O-])C(CCOC1(c2cccc(OP(=O)([O-])[O-])c2)OOC12C1CC3CC(C1)CC2C3)C(=O)[O-].[Na+].[Na+].[Na+].[Na+]. The largest absolute Gasteiger partial charge is 1.00 e. The summed E-state index contributed by atoms with van der Waals surface area (Å²) in [5.41, 5.74) is -0.591. The molecule has 1 spiro atoms. The topological polar surface area (TPSA) is 180 Å². The predicted molar refractivity (Wildman–Crippen MR) is 102 cm³/mol. The molecule has 1 saturated heterocycles. The Morgan fingerprint density at radius 1 is 0.947 bits per heavy atom. The van der Waals surface area contributed by atoms with Gasteiger partial charge in [-0.3, -0.25) is 0 Å². The summed E-state index contributed by atoms with van der Waals surface area (Å²) in [5, 5.41) is 22.4. The Hall–Kier alpha value is 1.99. The van der Waals surface area contributed by atoms with Crippen molar-refractivity contribution in [3.63, 3.8) is 0 Å². The molecular weight excluding hydrogens is 563 g/mol. The van der Waals surface area contributed by atoms with Crippen LogP contribution in [-0.2, 0) is 34.5 Å². The molecule has 1 aliphatic heterocycles. The molecular formula is C22H23Na4O11P. The standard InChI is InChI=1S/C22H27O11P.4Na/c23-19(24)18(20(25)26)4-5-30-22(14-2-1-3-17(11-14)31-34(27,28)29)21(32-33-22)15-7-12-6-13(9-15)10-16(21)8-12;;;;/h1-3,11-13,15-16,18H,4-10H2,(H,23,24)(H,25,26)(H2,27,28,29);;;;/q;4*+1/p-4. The summed E-state index contributed by atoms with van der Waals surface area (Å²) in [5.74, 6) is -5.97. The van der Waals surface area contributed by atoms with Crippen LogP contribution in [0.15, 0.2) is 24.3 Å². The van der Waals surface area contributed by atoms with Crippen molar-refractivity contribution in [2.75, 3.05) is 6.61 Å². The van der Waals surface area contributed by atoms with E-state index in [1.165, 1.54) is 24.6 Å². The first-order valence-corrected chi connectivity index (χ1v) is 12.7. The molecule has 0 aromatic heterocycles. The van der Waals surface area contributed by atoms with Crippen LogP contribution in [0.1, 0.15) is 44.1 Å². The molecule has 1 atom stereocenters. The van der Waals surface area contributed by atoms with Crippen LogP contribution in [0.25, 0.3) is 0 Å². The molecule has 0 radical (unpaired) electrons. The van der Waals surface area contributed by atoms with Crippen molar-refractivity contribution in [3.8, 4) is 5.75 Å². The van der Waals surface area contributed by atoms with E-state index >= 15 is 0 Å². The zero-order valence-electron chi connectivity index (χ0n) is 22.1. The Labute approximate surface area is 308 Å². The van der Waals surface area contributed by atoms with Crippen LogP contribution < -0.4 is 143 Å². The summed E-state index contributed by atoms with van der Waals surface area (Å²) in [7, 11) is -5.33. The van der Waals surface area contributed by atoms with Gasteiger partial charge in [0.1, 0.15) is 13.6 Å². The number of carbonyl (C=O) groups is 2. The number of carboxylic acid groups (broad SMARTS) is 2. The minimum absolute atomic E-state index is 0. The van der Waals surface area contributed by atoms with E-state index in [0.717, 1.165) is 25.7 Å². The van der Waals surface area contributed by atoms with E-state index in [9.17, 15) is 34.2 Å². The first-order chi connectivity index (χ1) is 16.0. The molecule has 5 fully saturated rings. The van der Waals surface area contributed by atoms with Gasteiger partial charge in [0.2, 0.25) is 0 Å². The van der Waals surface area contributed by atoms with Crippen LogP contribution in [0.3, 0.4) is 0 Å². The molecule has 1 aromatic carbocycles. The Morgan fingerprint density at radius 3 is 1.95 bits per heavy atom. The summed E-state index contributed by atoms with van der Waals surface area (Å²) in [6.07, 6.45) is 4.33. The Kier molecular flexibility index (Phi) is 14.6. The molecule has 186 valence electrons. The maximum absolute atomic E-state index is 11.2. The molecule has 4 aliphatic carbocycles. The molecule has 4 saturated carbocycles. The molecule has 1 heterocycles. The fraction of sp³-hybridized carbons (Fsp3) is 0.636. The third-order valence-corrected chi connectivity index (χ3v) is 8.31. The number of benzene rings is 1. The van der Waals surface area contributed by atoms with Gasteiger partial charge in [0.15, 0.2) is 5.60 Å². The molecule has 4 bridgehead atoms. The van der Waals surface area contributed by atoms with E-state index in [-0.39, 0.29) is 142 Å². The van der Waals surface area contributed by atoms with Gasteiger partial charge in [-0.15, -0.1) is 0 Å². The van der Waals surface area contributed by atoms with Crippen molar-refractivity contribution in [2.24, 2.45) is 29.6 Å². The van der Waals surface area contributed by atoms with E-state index in [2.05, 4.69) is 4.52 Å². The molecule has 11 nitrogen and oxygen atoms in total. The van der Waals surface area contributed by atoms with Gasteiger partial charge in [-0.2, -0.15) is 4.89 Å². The Bertz CT molecular complexity index is 1010. The van der Waals surface area contributed by atoms with Crippen molar-refractivity contribution in [1.82, 2.24) is 0 Å². The number of hydrogen-bond acceptors (Lipinski definition) is 11. The predicted octanol–water partition coefficient (Wildman–Crippen LogP) is -13.3. The van der Waals surface area contributed by atoms with Crippen LogP contribution in [0.4, 0.5) is 0 Å². The van der Waals surface area contributed by atoms with Crippen LogP contribution in [0.2, 0.25) is 0 Å². The van der Waals surface area contributed by atoms with Crippen LogP contribution >= 0.6 is 7.82 Å². The number of carbonyl (C=O) groups excluding carboxylic acids is 2. The van der Waals surface area contributed by atoms with E-state index in [1.807, 2.05) is 0 Å². The molecule has 5 aliphatic rings. The van der Waals surface area contributed by atoms with Gasteiger partial charge in [0.05, 0.1) is 18.5 Å². The second kappa shape index (κ2) is 14.6. The Morgan fingerprint density at radius 2 is 1.50 bits per heavy atom. The van der Waals surface area contributed by atoms with Gasteiger partial charge >= 0.3 is 118 Å². The van der Waals surface area contributed by atoms with Crippen molar-refractivity contribution in [1.29, 1.82) is 0 Å². The van der Waals surface area contributed by atoms with Gasteiger partial charge in [-0.1, -0.05) is 12.1 Å². The fourth-order valence-corrected chi connectivity index (χ4v) is 7.18. The van der Waals surface area contributed by atoms with Gasteiger partial charge in [-0.05, 0) is 74.3 Å². The number of phosphoric ester groups is 1. The fourth-order valence-electron chi connectivity index (χ4n) is 6.80. The number of aliphatic carboxylic acids is 2. The zero-order chi connectivity index (χ0) is 24.3. The third-order valence-electron chi connectivity index (χ3n) is 7.87. The van der Waals surface area contributed by atoms with Gasteiger partial charge in [0, 0.05) is 11.5 Å². The molecule has 6 rings (SSSR count). The minimum atomic E-state index is -5.33. The maximum atomic E-state index is 11.2. The van der Waals surface area contributed by atoms with Crippen molar-refractivity contribution in [2.45, 2.75) is 49.9 Å². The molecule has 38 heavy (non-hydrogen) atoms. The average Bonchev–Trinajstić information content (AvgIpc) is 2.71. The number of ether oxygens (including phenoxy) is 1. The maximum Gasteiger partial charge on any atom is 1.00 e. The van der Waals surface area contributed by atoms with Crippen LogP contribution in [-0.4, -0.2) is 24.1 Å². The van der Waals surface area contributed by atoms with Crippen molar-refractivity contribution in [3.05, 3.63) is 29.8 Å². The van der Waals surface area contributed by atoms with Gasteiger partial charge < -0.3 is 43.4 Å². The second-order valence-electron chi connectivity index (χ2n) is 9.77. The van der Waals surface area contributed by atoms with Crippen LogP contribution in [0.5, 0.6) is 5.75 Å². The molecule has 1 aromatic rings. The first kappa shape index (κ1) is 38.0. The number of rotatable bonds is 9. The van der Waals surface area contributed by atoms with Gasteiger partial charge in [-0.25, -0.2) is 4.89 Å². The minimum Gasteiger partial charge on any atom is -0.780 e. The average molecular weight is 586 g/mol. The second-order valence-corrected chi connectivity index (χ2v) is 10.9. The number of phosphoric acid groups is 1. The van der Waals surface area contributed by atoms with Gasteiger partial charge in [0.25, 0.3) is 5.79 Å². The molecule has 1 unspecified atom stereocenters. The number of hydrogen-bond donors (Lipinski definition) is 0. The quantitative estimate of drug-likeness (QED) is 0.116. The van der Waals surface area contributed by atoms with E-state index in [1.54, 1.807) is 6.07 Å². The normalized spacial score (nSPS) is 32.2. The Balaban J connectivity index is 0.00000180. The van der Waals surface area contributed by atoms with Crippen LogP contribution in [0, 0.1) is 29.6 Å². The molecule has 0 amide bonds. The molecule has 16 heteroatoms. The van der Waals surface area contributed by atoms with E-state index in [4.69, 9.17) is 14.5 Å². The monoisotopic (exact) mass is 586 g/mol. The summed E-state index contributed by atoms with van der Waals surface area (Å²) in [6, 6.07) is 5.69. The number of carboxylic acids is 2. The van der Waals surface area contributed by atoms with E-state index < -0.39 is 43.5 Å². The third kappa shape index (κ3) is 7.03. The van der Waals surface area contributed by atoms with Crippen molar-refractivity contribution < 1.29 is 171 Å². The summed E-state index contributed by atoms with van der Waals surface area (Å²) in [4.78, 5) is 56.2. The zero-order valence-corrected chi connectivity index (χ0v) is 31.0. The van der Waals surface area contributed by atoms with Crippen molar-refractivity contribution >= 4 is 19.8 Å².